The van der Waals surface area contributed by atoms with Gasteiger partial charge in [0.2, 0.25) is 0 Å². The van der Waals surface area contributed by atoms with Crippen LogP contribution in [0.2, 0.25) is 0 Å². The molecule has 1 N–H and O–H groups in total. The SMILES string of the molecule is CC(C)[C@@H]1CC[C@@H](C)CCN1. The Morgan fingerprint density at radius 1 is 1.18 bits per heavy atom. The van der Waals surface area contributed by atoms with Gasteiger partial charge < -0.3 is 5.32 Å². The smallest absolute Gasteiger partial charge is 0.00901 e. The van der Waals surface area contributed by atoms with Gasteiger partial charge in [-0.1, -0.05) is 20.8 Å². The molecule has 1 rings (SSSR count). The van der Waals surface area contributed by atoms with Crippen LogP contribution < -0.4 is 5.32 Å². The molecule has 1 fully saturated rings. The third kappa shape index (κ3) is 2.82. The minimum atomic E-state index is 0.778. The van der Waals surface area contributed by atoms with Gasteiger partial charge in [-0.05, 0) is 37.6 Å². The summed E-state index contributed by atoms with van der Waals surface area (Å²) >= 11 is 0. The summed E-state index contributed by atoms with van der Waals surface area (Å²) in [7, 11) is 0. The predicted molar refractivity (Wildman–Crippen MR) is 49.6 cm³/mol. The van der Waals surface area contributed by atoms with Gasteiger partial charge in [-0.15, -0.1) is 0 Å². The van der Waals surface area contributed by atoms with Crippen molar-refractivity contribution in [2.45, 2.75) is 46.1 Å². The highest BCUT2D eigenvalue weighted by atomic mass is 14.9. The van der Waals surface area contributed by atoms with E-state index >= 15 is 0 Å². The van der Waals surface area contributed by atoms with Crippen LogP contribution in [0.1, 0.15) is 40.0 Å². The van der Waals surface area contributed by atoms with Crippen molar-refractivity contribution in [3.05, 3.63) is 0 Å². The first-order valence-corrected chi connectivity index (χ1v) is 4.93. The van der Waals surface area contributed by atoms with Gasteiger partial charge in [0.05, 0.1) is 0 Å². The van der Waals surface area contributed by atoms with Crippen molar-refractivity contribution in [2.75, 3.05) is 6.54 Å². The lowest BCUT2D eigenvalue weighted by atomic mass is 9.96. The Bertz CT molecular complexity index is 109. The molecule has 1 heterocycles. The Morgan fingerprint density at radius 2 is 1.91 bits per heavy atom. The summed E-state index contributed by atoms with van der Waals surface area (Å²) in [5.74, 6) is 1.74. The zero-order valence-corrected chi connectivity index (χ0v) is 8.06. The Kier molecular flexibility index (Phi) is 3.38. The number of nitrogens with one attached hydrogen (secondary N) is 1. The van der Waals surface area contributed by atoms with E-state index in [0.717, 1.165) is 17.9 Å². The summed E-state index contributed by atoms with van der Waals surface area (Å²) in [4.78, 5) is 0. The largest absolute Gasteiger partial charge is 0.314 e. The van der Waals surface area contributed by atoms with Gasteiger partial charge in [-0.2, -0.15) is 0 Å². The van der Waals surface area contributed by atoms with Gasteiger partial charge >= 0.3 is 0 Å². The first-order chi connectivity index (χ1) is 5.20. The fraction of sp³-hybridized carbons (Fsp3) is 1.00. The van der Waals surface area contributed by atoms with Crippen molar-refractivity contribution in [2.24, 2.45) is 11.8 Å². The van der Waals surface area contributed by atoms with Gasteiger partial charge in [-0.25, -0.2) is 0 Å². The molecule has 1 nitrogen and oxygen atoms in total. The van der Waals surface area contributed by atoms with Gasteiger partial charge in [0.15, 0.2) is 0 Å². The average molecular weight is 155 g/mol. The minimum absolute atomic E-state index is 0.778. The highest BCUT2D eigenvalue weighted by molar-refractivity contribution is 4.75. The molecule has 1 aliphatic heterocycles. The Morgan fingerprint density at radius 3 is 2.55 bits per heavy atom. The monoisotopic (exact) mass is 155 g/mol. The maximum atomic E-state index is 3.61. The molecule has 0 aromatic rings. The van der Waals surface area contributed by atoms with E-state index in [-0.39, 0.29) is 0 Å². The molecule has 0 bridgehead atoms. The third-order valence-corrected chi connectivity index (χ3v) is 2.82. The molecule has 0 aromatic heterocycles. The second-order valence-electron chi connectivity index (χ2n) is 4.28. The lowest BCUT2D eigenvalue weighted by Gasteiger charge is -2.19. The molecule has 2 atom stereocenters. The van der Waals surface area contributed by atoms with Gasteiger partial charge in [-0.3, -0.25) is 0 Å². The van der Waals surface area contributed by atoms with Crippen LogP contribution in [0.4, 0.5) is 0 Å². The molecule has 0 aromatic carbocycles. The fourth-order valence-electron chi connectivity index (χ4n) is 1.79. The molecule has 0 unspecified atom stereocenters. The minimum Gasteiger partial charge on any atom is -0.314 e. The average Bonchev–Trinajstić information content (AvgIpc) is 2.13. The van der Waals surface area contributed by atoms with E-state index in [1.165, 1.54) is 25.8 Å². The highest BCUT2D eigenvalue weighted by Gasteiger charge is 2.17. The molecule has 1 aliphatic rings. The van der Waals surface area contributed by atoms with Crippen molar-refractivity contribution < 1.29 is 0 Å². The zero-order valence-electron chi connectivity index (χ0n) is 8.06. The maximum absolute atomic E-state index is 3.61. The lowest BCUT2D eigenvalue weighted by Crippen LogP contribution is -2.32. The standard InChI is InChI=1S/C10H21N/c1-8(2)10-5-4-9(3)6-7-11-10/h8-11H,4-7H2,1-3H3/t9-,10+/m1/s1. The zero-order chi connectivity index (χ0) is 8.27. The van der Waals surface area contributed by atoms with Crippen LogP contribution >= 0.6 is 0 Å². The Hall–Kier alpha value is -0.0400. The molecule has 0 radical (unpaired) electrons. The fourth-order valence-corrected chi connectivity index (χ4v) is 1.79. The second-order valence-corrected chi connectivity index (χ2v) is 4.28. The number of hydrogen-bond acceptors (Lipinski definition) is 1. The molecule has 11 heavy (non-hydrogen) atoms. The van der Waals surface area contributed by atoms with Crippen LogP contribution in [0, 0.1) is 11.8 Å². The molecular weight excluding hydrogens is 134 g/mol. The predicted octanol–water partition coefficient (Wildman–Crippen LogP) is 2.42. The van der Waals surface area contributed by atoms with E-state index < -0.39 is 0 Å². The van der Waals surface area contributed by atoms with E-state index in [4.69, 9.17) is 0 Å². The van der Waals surface area contributed by atoms with Crippen LogP contribution in [0.3, 0.4) is 0 Å². The Balaban J connectivity index is 2.34. The lowest BCUT2D eigenvalue weighted by molar-refractivity contribution is 0.390. The molecule has 66 valence electrons. The summed E-state index contributed by atoms with van der Waals surface area (Å²) in [6.45, 7) is 8.22. The van der Waals surface area contributed by atoms with Gasteiger partial charge in [0.25, 0.3) is 0 Å². The maximum Gasteiger partial charge on any atom is 0.00901 e. The molecule has 0 spiro atoms. The van der Waals surface area contributed by atoms with Crippen LogP contribution in [0.25, 0.3) is 0 Å². The van der Waals surface area contributed by atoms with Crippen LogP contribution in [0.5, 0.6) is 0 Å². The summed E-state index contributed by atoms with van der Waals surface area (Å²) in [5, 5.41) is 3.61. The van der Waals surface area contributed by atoms with Crippen molar-refractivity contribution in [1.82, 2.24) is 5.32 Å². The normalized spacial score (nSPS) is 33.8. The van der Waals surface area contributed by atoms with Crippen LogP contribution in [0.15, 0.2) is 0 Å². The van der Waals surface area contributed by atoms with Crippen LogP contribution in [-0.2, 0) is 0 Å². The van der Waals surface area contributed by atoms with E-state index in [0.29, 0.717) is 0 Å². The first-order valence-electron chi connectivity index (χ1n) is 4.93. The summed E-state index contributed by atoms with van der Waals surface area (Å²) in [6, 6.07) is 0.778. The topological polar surface area (TPSA) is 12.0 Å². The molecule has 0 aliphatic carbocycles. The van der Waals surface area contributed by atoms with Crippen molar-refractivity contribution in [3.63, 3.8) is 0 Å². The van der Waals surface area contributed by atoms with E-state index in [1.54, 1.807) is 0 Å². The van der Waals surface area contributed by atoms with Crippen LogP contribution in [-0.4, -0.2) is 12.6 Å². The van der Waals surface area contributed by atoms with Crippen molar-refractivity contribution in [3.8, 4) is 0 Å². The second kappa shape index (κ2) is 4.10. The van der Waals surface area contributed by atoms with Gasteiger partial charge in [0, 0.05) is 6.04 Å². The first kappa shape index (κ1) is 9.05. The molecule has 0 saturated carbocycles. The van der Waals surface area contributed by atoms with E-state index in [1.807, 2.05) is 0 Å². The quantitative estimate of drug-likeness (QED) is 0.613. The number of hydrogen-bond donors (Lipinski definition) is 1. The summed E-state index contributed by atoms with van der Waals surface area (Å²) in [5.41, 5.74) is 0. The van der Waals surface area contributed by atoms with E-state index in [2.05, 4.69) is 26.1 Å². The van der Waals surface area contributed by atoms with Gasteiger partial charge in [0.1, 0.15) is 0 Å². The molecule has 1 heteroatoms. The molecular formula is C10H21N. The van der Waals surface area contributed by atoms with Crippen molar-refractivity contribution >= 4 is 0 Å². The number of rotatable bonds is 1. The molecule has 0 amide bonds. The summed E-state index contributed by atoms with van der Waals surface area (Å²) < 4.78 is 0. The third-order valence-electron chi connectivity index (χ3n) is 2.82. The molecule has 1 saturated heterocycles. The van der Waals surface area contributed by atoms with Crippen molar-refractivity contribution in [1.29, 1.82) is 0 Å². The highest BCUT2D eigenvalue weighted by Crippen LogP contribution is 2.18. The van der Waals surface area contributed by atoms with E-state index in [9.17, 15) is 0 Å². The Labute approximate surface area is 70.6 Å². The summed E-state index contributed by atoms with van der Waals surface area (Å²) in [6.07, 6.45) is 4.15.